The predicted octanol–water partition coefficient (Wildman–Crippen LogP) is 5.33. The quantitative estimate of drug-likeness (QED) is 0.139. The lowest BCUT2D eigenvalue weighted by molar-refractivity contribution is -0.137. The number of unbranched alkanes of at least 4 members (excludes halogenated alkanes) is 3. The largest absolute Gasteiger partial charge is 0.494 e. The van der Waals surface area contributed by atoms with Crippen molar-refractivity contribution >= 4 is 17.7 Å². The molecule has 0 unspecified atom stereocenters. The molecule has 2 aromatic carbocycles. The van der Waals surface area contributed by atoms with Gasteiger partial charge in [-0.3, -0.25) is 4.79 Å². The Morgan fingerprint density at radius 3 is 1.97 bits per heavy atom. The van der Waals surface area contributed by atoms with Crippen LogP contribution in [0.1, 0.15) is 53.3 Å². The minimum Gasteiger partial charge on any atom is -0.494 e. The van der Waals surface area contributed by atoms with Crippen LogP contribution in [0.5, 0.6) is 11.5 Å². The van der Waals surface area contributed by atoms with E-state index in [1.54, 1.807) is 55.5 Å². The van der Waals surface area contributed by atoms with Gasteiger partial charge in [-0.2, -0.15) is 0 Å². The van der Waals surface area contributed by atoms with Gasteiger partial charge in [-0.25, -0.2) is 9.59 Å². The second-order valence-corrected chi connectivity index (χ2v) is 7.18. The Hall–Kier alpha value is -3.67. The highest BCUT2D eigenvalue weighted by Crippen LogP contribution is 2.18. The van der Waals surface area contributed by atoms with Crippen molar-refractivity contribution in [2.24, 2.45) is 0 Å². The minimum atomic E-state index is -0.493. The number of ketones is 1. The van der Waals surface area contributed by atoms with E-state index in [1.165, 1.54) is 0 Å². The lowest BCUT2D eigenvalue weighted by Crippen LogP contribution is -2.09. The summed E-state index contributed by atoms with van der Waals surface area (Å²) in [7, 11) is 0. The summed E-state index contributed by atoms with van der Waals surface area (Å²) in [5.74, 6) is -0.00853. The standard InChI is InChI=1S/C26H28O6/c1-4-24(27)31-18-8-6-5-7-17-30-22-13-11-21(12-14-22)26(29)32-23-15-9-20(10-16-23)25(28)19(2)3/h4,9-16H,1-2,5-8,17-18H2,3H3. The molecule has 0 aliphatic heterocycles. The number of esters is 2. The van der Waals surface area contributed by atoms with Crippen molar-refractivity contribution in [3.8, 4) is 11.5 Å². The summed E-state index contributed by atoms with van der Waals surface area (Å²) >= 11 is 0. The van der Waals surface area contributed by atoms with E-state index in [0.29, 0.717) is 41.4 Å². The van der Waals surface area contributed by atoms with E-state index in [1.807, 2.05) is 0 Å². The van der Waals surface area contributed by atoms with E-state index < -0.39 is 11.9 Å². The summed E-state index contributed by atoms with van der Waals surface area (Å²) in [6, 6.07) is 13.1. The zero-order chi connectivity index (χ0) is 23.3. The SMILES string of the molecule is C=CC(=O)OCCCCCCOc1ccc(C(=O)Oc2ccc(C(=O)C(=C)C)cc2)cc1. The number of benzene rings is 2. The molecule has 0 radical (unpaired) electrons. The second kappa shape index (κ2) is 12.9. The summed E-state index contributed by atoms with van der Waals surface area (Å²) < 4.78 is 16.0. The topological polar surface area (TPSA) is 78.9 Å². The van der Waals surface area contributed by atoms with Gasteiger partial charge in [0.1, 0.15) is 11.5 Å². The summed E-state index contributed by atoms with van der Waals surface area (Å²) in [4.78, 5) is 35.1. The van der Waals surface area contributed by atoms with E-state index in [9.17, 15) is 14.4 Å². The normalized spacial score (nSPS) is 10.2. The molecule has 32 heavy (non-hydrogen) atoms. The predicted molar refractivity (Wildman–Crippen MR) is 122 cm³/mol. The number of hydrogen-bond donors (Lipinski definition) is 0. The van der Waals surface area contributed by atoms with Crippen molar-refractivity contribution in [3.63, 3.8) is 0 Å². The molecule has 168 valence electrons. The minimum absolute atomic E-state index is 0.146. The van der Waals surface area contributed by atoms with E-state index in [4.69, 9.17) is 14.2 Å². The Morgan fingerprint density at radius 1 is 0.812 bits per heavy atom. The first-order valence-corrected chi connectivity index (χ1v) is 10.4. The number of allylic oxidation sites excluding steroid dienone is 1. The van der Waals surface area contributed by atoms with Crippen LogP contribution in [0.3, 0.4) is 0 Å². The van der Waals surface area contributed by atoms with Gasteiger partial charge in [0.15, 0.2) is 5.78 Å². The smallest absolute Gasteiger partial charge is 0.343 e. The van der Waals surface area contributed by atoms with Crippen LogP contribution >= 0.6 is 0 Å². The third kappa shape index (κ3) is 8.22. The van der Waals surface area contributed by atoms with Gasteiger partial charge in [0.25, 0.3) is 0 Å². The van der Waals surface area contributed by atoms with Gasteiger partial charge < -0.3 is 14.2 Å². The van der Waals surface area contributed by atoms with Gasteiger partial charge in [0.2, 0.25) is 0 Å². The van der Waals surface area contributed by atoms with Gasteiger partial charge in [-0.1, -0.05) is 13.2 Å². The number of Topliss-reactive ketones (excluding diaryl/α,β-unsaturated/α-hetero) is 1. The van der Waals surface area contributed by atoms with Crippen LogP contribution in [0, 0.1) is 0 Å². The molecule has 0 bridgehead atoms. The highest BCUT2D eigenvalue weighted by molar-refractivity contribution is 6.07. The van der Waals surface area contributed by atoms with E-state index in [0.717, 1.165) is 31.8 Å². The Kier molecular flexibility index (Phi) is 9.91. The molecule has 0 atom stereocenters. The molecule has 2 aromatic rings. The van der Waals surface area contributed by atoms with Crippen molar-refractivity contribution in [2.45, 2.75) is 32.6 Å². The van der Waals surface area contributed by atoms with Crippen LogP contribution in [0.25, 0.3) is 0 Å². The summed E-state index contributed by atoms with van der Waals surface area (Å²) in [5, 5.41) is 0. The number of carbonyl (C=O) groups is 3. The number of rotatable bonds is 13. The molecule has 0 aromatic heterocycles. The van der Waals surface area contributed by atoms with Gasteiger partial charge in [-0.05, 0) is 86.7 Å². The number of ether oxygens (including phenoxy) is 3. The fraction of sp³-hybridized carbons (Fsp3) is 0.269. The lowest BCUT2D eigenvalue weighted by Gasteiger charge is -2.08. The Bertz CT molecular complexity index is 941. The van der Waals surface area contributed by atoms with Crippen molar-refractivity contribution in [1.82, 2.24) is 0 Å². The molecular formula is C26H28O6. The number of carbonyl (C=O) groups excluding carboxylic acids is 3. The molecule has 6 nitrogen and oxygen atoms in total. The molecule has 0 amide bonds. The van der Waals surface area contributed by atoms with Gasteiger partial charge >= 0.3 is 11.9 Å². The molecule has 6 heteroatoms. The van der Waals surface area contributed by atoms with E-state index in [2.05, 4.69) is 13.2 Å². The maximum absolute atomic E-state index is 12.3. The molecule has 0 heterocycles. The second-order valence-electron chi connectivity index (χ2n) is 7.18. The third-order valence-corrected chi connectivity index (χ3v) is 4.52. The Labute approximate surface area is 188 Å². The van der Waals surface area contributed by atoms with Crippen molar-refractivity contribution in [1.29, 1.82) is 0 Å². The first-order valence-electron chi connectivity index (χ1n) is 10.4. The molecular weight excluding hydrogens is 408 g/mol. The zero-order valence-corrected chi connectivity index (χ0v) is 18.3. The molecule has 0 N–H and O–H groups in total. The molecule has 0 aliphatic carbocycles. The third-order valence-electron chi connectivity index (χ3n) is 4.52. The van der Waals surface area contributed by atoms with Crippen LogP contribution in [0.4, 0.5) is 0 Å². The zero-order valence-electron chi connectivity index (χ0n) is 18.3. The molecule has 2 rings (SSSR count). The lowest BCUT2D eigenvalue weighted by atomic mass is 10.1. The molecule has 0 fully saturated rings. The maximum atomic E-state index is 12.3. The summed E-state index contributed by atoms with van der Waals surface area (Å²) in [6.07, 6.45) is 4.75. The van der Waals surface area contributed by atoms with Crippen LogP contribution in [0.15, 0.2) is 73.3 Å². The van der Waals surface area contributed by atoms with Gasteiger partial charge in [0, 0.05) is 11.6 Å². The van der Waals surface area contributed by atoms with Crippen molar-refractivity contribution in [3.05, 3.63) is 84.5 Å². The first-order chi connectivity index (χ1) is 15.4. The highest BCUT2D eigenvalue weighted by atomic mass is 16.5. The van der Waals surface area contributed by atoms with E-state index in [-0.39, 0.29) is 5.78 Å². The Morgan fingerprint density at radius 2 is 1.38 bits per heavy atom. The van der Waals surface area contributed by atoms with Crippen LogP contribution in [0.2, 0.25) is 0 Å². The van der Waals surface area contributed by atoms with Gasteiger partial charge in [0.05, 0.1) is 18.8 Å². The van der Waals surface area contributed by atoms with Crippen LogP contribution in [-0.2, 0) is 9.53 Å². The molecule has 0 saturated heterocycles. The van der Waals surface area contributed by atoms with Crippen molar-refractivity contribution < 1.29 is 28.6 Å². The molecule has 0 spiro atoms. The summed E-state index contributed by atoms with van der Waals surface area (Å²) in [5.41, 5.74) is 1.34. The summed E-state index contributed by atoms with van der Waals surface area (Å²) in [6.45, 7) is 9.59. The first kappa shape index (κ1) is 24.6. The van der Waals surface area contributed by atoms with Crippen LogP contribution < -0.4 is 9.47 Å². The molecule has 0 saturated carbocycles. The van der Waals surface area contributed by atoms with Gasteiger partial charge in [-0.15, -0.1) is 0 Å². The highest BCUT2D eigenvalue weighted by Gasteiger charge is 2.11. The van der Waals surface area contributed by atoms with Crippen LogP contribution in [-0.4, -0.2) is 30.9 Å². The molecule has 0 aliphatic rings. The fourth-order valence-corrected chi connectivity index (χ4v) is 2.75. The van der Waals surface area contributed by atoms with E-state index >= 15 is 0 Å². The monoisotopic (exact) mass is 436 g/mol. The average molecular weight is 437 g/mol. The number of hydrogen-bond acceptors (Lipinski definition) is 6. The average Bonchev–Trinajstić information content (AvgIpc) is 2.80. The fourth-order valence-electron chi connectivity index (χ4n) is 2.75. The maximum Gasteiger partial charge on any atom is 0.343 e. The Balaban J connectivity index is 1.71. The van der Waals surface area contributed by atoms with Crippen molar-refractivity contribution in [2.75, 3.05) is 13.2 Å².